The molecule has 6 heteroatoms. The number of pyridine rings is 1. The average Bonchev–Trinajstić information content (AvgIpc) is 2.31. The second-order valence-corrected chi connectivity index (χ2v) is 4.59. The van der Waals surface area contributed by atoms with E-state index in [0.717, 1.165) is 36.1 Å². The number of rotatable bonds is 2. The van der Waals surface area contributed by atoms with E-state index in [1.54, 1.807) is 6.07 Å². The summed E-state index contributed by atoms with van der Waals surface area (Å²) in [4.78, 5) is 11.4. The maximum atomic E-state index is 12.3. The van der Waals surface area contributed by atoms with Crippen LogP contribution < -0.4 is 10.9 Å². The van der Waals surface area contributed by atoms with Crippen molar-refractivity contribution >= 4 is 0 Å². The van der Waals surface area contributed by atoms with Crippen LogP contribution in [0.2, 0.25) is 0 Å². The molecule has 0 amide bonds. The Labute approximate surface area is 103 Å². The first kappa shape index (κ1) is 13.1. The summed E-state index contributed by atoms with van der Waals surface area (Å²) >= 11 is 0. The predicted molar refractivity (Wildman–Crippen MR) is 61.6 cm³/mol. The maximum Gasteiger partial charge on any atom is 0.406 e. The smallest absolute Gasteiger partial charge is 0.316 e. The number of hydrogen-bond donors (Lipinski definition) is 1. The maximum absolute atomic E-state index is 12.3. The van der Waals surface area contributed by atoms with E-state index in [2.05, 4.69) is 5.32 Å². The van der Waals surface area contributed by atoms with Crippen LogP contribution in [0.15, 0.2) is 23.1 Å². The third-order valence-corrected chi connectivity index (χ3v) is 3.12. The molecule has 18 heavy (non-hydrogen) atoms. The van der Waals surface area contributed by atoms with Gasteiger partial charge in [0.05, 0.1) is 0 Å². The first-order chi connectivity index (χ1) is 8.46. The fraction of sp³-hybridized carbons (Fsp3) is 0.583. The molecular formula is C12H15F3N2O. The van der Waals surface area contributed by atoms with Crippen molar-refractivity contribution in [2.75, 3.05) is 13.1 Å². The molecule has 2 heterocycles. The molecule has 1 unspecified atom stereocenters. The zero-order valence-corrected chi connectivity index (χ0v) is 9.83. The number of hydrogen-bond acceptors (Lipinski definition) is 2. The lowest BCUT2D eigenvalue weighted by molar-refractivity contribution is -0.141. The topological polar surface area (TPSA) is 34.0 Å². The van der Waals surface area contributed by atoms with E-state index in [1.165, 1.54) is 12.3 Å². The fourth-order valence-corrected chi connectivity index (χ4v) is 2.24. The van der Waals surface area contributed by atoms with Gasteiger partial charge >= 0.3 is 6.18 Å². The van der Waals surface area contributed by atoms with Crippen molar-refractivity contribution < 1.29 is 13.2 Å². The van der Waals surface area contributed by atoms with Gasteiger partial charge in [-0.3, -0.25) is 4.79 Å². The number of halogens is 3. The SMILES string of the molecule is O=c1ccc(C2CCCNC2)cn1CC(F)(F)F. The zero-order chi connectivity index (χ0) is 13.2. The Morgan fingerprint density at radius 1 is 1.39 bits per heavy atom. The molecule has 1 fully saturated rings. The van der Waals surface area contributed by atoms with Gasteiger partial charge in [-0.15, -0.1) is 0 Å². The molecule has 0 aromatic carbocycles. The summed E-state index contributed by atoms with van der Waals surface area (Å²) in [6.45, 7) is 0.475. The van der Waals surface area contributed by atoms with Gasteiger partial charge in [0.25, 0.3) is 5.56 Å². The summed E-state index contributed by atoms with van der Waals surface area (Å²) in [7, 11) is 0. The minimum Gasteiger partial charge on any atom is -0.316 e. The summed E-state index contributed by atoms with van der Waals surface area (Å²) in [6, 6.07) is 2.85. The monoisotopic (exact) mass is 260 g/mol. The van der Waals surface area contributed by atoms with E-state index in [0.29, 0.717) is 0 Å². The van der Waals surface area contributed by atoms with Gasteiger partial charge in [0.2, 0.25) is 0 Å². The van der Waals surface area contributed by atoms with E-state index >= 15 is 0 Å². The highest BCUT2D eigenvalue weighted by molar-refractivity contribution is 5.17. The van der Waals surface area contributed by atoms with Gasteiger partial charge in [-0.1, -0.05) is 6.07 Å². The fourth-order valence-electron chi connectivity index (χ4n) is 2.24. The molecule has 0 spiro atoms. The normalized spacial score (nSPS) is 20.9. The summed E-state index contributed by atoms with van der Waals surface area (Å²) in [5.74, 6) is 0.193. The van der Waals surface area contributed by atoms with Gasteiger partial charge in [0.1, 0.15) is 6.54 Å². The molecule has 1 aromatic rings. The molecule has 1 saturated heterocycles. The summed E-state index contributed by atoms with van der Waals surface area (Å²) in [6.07, 6.45) is -1.08. The predicted octanol–water partition coefficient (Wildman–Crippen LogP) is 1.88. The van der Waals surface area contributed by atoms with Crippen LogP contribution in [-0.2, 0) is 6.54 Å². The van der Waals surface area contributed by atoms with E-state index in [1.807, 2.05) is 0 Å². The molecule has 1 N–H and O–H groups in total. The number of aromatic nitrogens is 1. The minimum absolute atomic E-state index is 0.193. The molecule has 0 bridgehead atoms. The van der Waals surface area contributed by atoms with Crippen molar-refractivity contribution in [2.45, 2.75) is 31.5 Å². The van der Waals surface area contributed by atoms with Crippen molar-refractivity contribution in [3.8, 4) is 0 Å². The van der Waals surface area contributed by atoms with Crippen LogP contribution in [0, 0.1) is 0 Å². The van der Waals surface area contributed by atoms with Gasteiger partial charge in [0, 0.05) is 18.8 Å². The molecule has 1 atom stereocenters. The van der Waals surface area contributed by atoms with Crippen LogP contribution in [-0.4, -0.2) is 23.8 Å². The Bertz CT molecular complexity index is 461. The van der Waals surface area contributed by atoms with Gasteiger partial charge in [0.15, 0.2) is 0 Å². The first-order valence-electron chi connectivity index (χ1n) is 5.93. The highest BCUT2D eigenvalue weighted by atomic mass is 19.4. The molecule has 3 nitrogen and oxygen atoms in total. The average molecular weight is 260 g/mol. The summed E-state index contributed by atoms with van der Waals surface area (Å²) < 4.78 is 37.7. The second-order valence-electron chi connectivity index (χ2n) is 4.59. The minimum atomic E-state index is -4.37. The Kier molecular flexibility index (Phi) is 3.75. The number of alkyl halides is 3. The van der Waals surface area contributed by atoms with E-state index in [9.17, 15) is 18.0 Å². The molecule has 0 radical (unpaired) electrons. The first-order valence-corrected chi connectivity index (χ1v) is 5.93. The zero-order valence-electron chi connectivity index (χ0n) is 9.83. The van der Waals surface area contributed by atoms with Crippen LogP contribution in [0.4, 0.5) is 13.2 Å². The molecular weight excluding hydrogens is 245 g/mol. The van der Waals surface area contributed by atoms with E-state index < -0.39 is 18.3 Å². The third kappa shape index (κ3) is 3.35. The largest absolute Gasteiger partial charge is 0.406 e. The Balaban J connectivity index is 2.22. The van der Waals surface area contributed by atoms with E-state index in [-0.39, 0.29) is 5.92 Å². The Hall–Kier alpha value is -1.30. The van der Waals surface area contributed by atoms with Crippen LogP contribution in [0.3, 0.4) is 0 Å². The molecule has 0 saturated carbocycles. The number of nitrogens with zero attached hydrogens (tertiary/aromatic N) is 1. The van der Waals surface area contributed by atoms with E-state index in [4.69, 9.17) is 0 Å². The van der Waals surface area contributed by atoms with Crippen molar-refractivity contribution in [1.29, 1.82) is 0 Å². The van der Waals surface area contributed by atoms with Gasteiger partial charge in [-0.2, -0.15) is 13.2 Å². The van der Waals surface area contributed by atoms with Gasteiger partial charge in [-0.25, -0.2) is 0 Å². The highest BCUT2D eigenvalue weighted by Crippen LogP contribution is 2.23. The van der Waals surface area contributed by atoms with Gasteiger partial charge < -0.3 is 9.88 Å². The molecule has 2 rings (SSSR count). The molecule has 0 aliphatic carbocycles. The third-order valence-electron chi connectivity index (χ3n) is 3.12. The molecule has 1 aliphatic rings. The second kappa shape index (κ2) is 5.14. The number of piperidine rings is 1. The van der Waals surface area contributed by atoms with Crippen molar-refractivity contribution in [3.63, 3.8) is 0 Å². The van der Waals surface area contributed by atoms with Crippen LogP contribution >= 0.6 is 0 Å². The summed E-state index contributed by atoms with van der Waals surface area (Å²) in [5, 5.41) is 3.21. The van der Waals surface area contributed by atoms with Crippen LogP contribution in [0.5, 0.6) is 0 Å². The lowest BCUT2D eigenvalue weighted by Crippen LogP contribution is -2.31. The lowest BCUT2D eigenvalue weighted by atomic mass is 9.93. The van der Waals surface area contributed by atoms with Crippen LogP contribution in [0.25, 0.3) is 0 Å². The number of nitrogens with one attached hydrogen (secondary N) is 1. The standard InChI is InChI=1S/C12H15F3N2O/c13-12(14,15)8-17-7-10(3-4-11(17)18)9-2-1-5-16-6-9/h3-4,7,9,16H,1-2,5-6,8H2. The molecule has 1 aromatic heterocycles. The van der Waals surface area contributed by atoms with Crippen molar-refractivity contribution in [2.24, 2.45) is 0 Å². The van der Waals surface area contributed by atoms with Gasteiger partial charge in [-0.05, 0) is 30.9 Å². The molecule has 100 valence electrons. The Morgan fingerprint density at radius 2 is 2.17 bits per heavy atom. The van der Waals surface area contributed by atoms with Crippen molar-refractivity contribution in [1.82, 2.24) is 9.88 Å². The Morgan fingerprint density at radius 3 is 2.78 bits per heavy atom. The van der Waals surface area contributed by atoms with Crippen LogP contribution in [0.1, 0.15) is 24.3 Å². The lowest BCUT2D eigenvalue weighted by Gasteiger charge is -2.23. The molecule has 1 aliphatic heterocycles. The highest BCUT2D eigenvalue weighted by Gasteiger charge is 2.28. The van der Waals surface area contributed by atoms with Crippen molar-refractivity contribution in [3.05, 3.63) is 34.2 Å². The quantitative estimate of drug-likeness (QED) is 0.881. The summed E-state index contributed by atoms with van der Waals surface area (Å²) in [5.41, 5.74) is 0.186.